The predicted molar refractivity (Wildman–Crippen MR) is 100 cm³/mol. The molecule has 0 atom stereocenters. The van der Waals surface area contributed by atoms with Crippen LogP contribution in [-0.2, 0) is 6.54 Å². The lowest BCUT2D eigenvalue weighted by Crippen LogP contribution is -2.23. The van der Waals surface area contributed by atoms with Crippen LogP contribution in [0, 0.1) is 0 Å². The second kappa shape index (κ2) is 6.11. The van der Waals surface area contributed by atoms with Gasteiger partial charge in [-0.25, -0.2) is 14.3 Å². The van der Waals surface area contributed by atoms with E-state index in [-0.39, 0.29) is 5.69 Å². The van der Waals surface area contributed by atoms with Crippen LogP contribution in [0.4, 0.5) is 5.69 Å². The highest BCUT2D eigenvalue weighted by Gasteiger charge is 2.15. The summed E-state index contributed by atoms with van der Waals surface area (Å²) < 4.78 is 3.28. The summed E-state index contributed by atoms with van der Waals surface area (Å²) in [7, 11) is 0. The number of pyridine rings is 1. The molecule has 0 radical (unpaired) electrons. The number of benzene rings is 2. The fourth-order valence-corrected chi connectivity index (χ4v) is 3.08. The van der Waals surface area contributed by atoms with E-state index < -0.39 is 0 Å². The van der Waals surface area contributed by atoms with Crippen LogP contribution in [0.15, 0.2) is 71.7 Å². The first-order chi connectivity index (χ1) is 12.1. The minimum atomic E-state index is -0.159. The van der Waals surface area contributed by atoms with Gasteiger partial charge in [-0.2, -0.15) is 0 Å². The van der Waals surface area contributed by atoms with Gasteiger partial charge in [0.05, 0.1) is 17.7 Å². The van der Waals surface area contributed by atoms with Crippen LogP contribution in [-0.4, -0.2) is 14.1 Å². The number of nitrogen functional groups attached to an aromatic ring is 1. The molecule has 2 heterocycles. The number of fused-ring (bicyclic) bond motifs is 1. The van der Waals surface area contributed by atoms with Crippen LogP contribution in [0.3, 0.4) is 0 Å². The highest BCUT2D eigenvalue weighted by atomic mass is 35.5. The normalized spacial score (nSPS) is 11.1. The van der Waals surface area contributed by atoms with Crippen LogP contribution >= 0.6 is 11.6 Å². The molecule has 0 aliphatic rings. The smallest absolute Gasteiger partial charge is 0.335 e. The number of halogens is 1. The van der Waals surface area contributed by atoms with Gasteiger partial charge >= 0.3 is 5.69 Å². The van der Waals surface area contributed by atoms with E-state index in [1.54, 1.807) is 27.5 Å². The molecule has 2 aromatic heterocycles. The van der Waals surface area contributed by atoms with Crippen molar-refractivity contribution in [2.24, 2.45) is 0 Å². The summed E-state index contributed by atoms with van der Waals surface area (Å²) in [6.07, 6.45) is 1.68. The van der Waals surface area contributed by atoms with Gasteiger partial charge in [0.1, 0.15) is 0 Å². The second-order valence-corrected chi connectivity index (χ2v) is 6.21. The monoisotopic (exact) mass is 350 g/mol. The van der Waals surface area contributed by atoms with E-state index in [1.165, 1.54) is 0 Å². The molecule has 0 fully saturated rings. The van der Waals surface area contributed by atoms with Gasteiger partial charge in [0.15, 0.2) is 5.65 Å². The summed E-state index contributed by atoms with van der Waals surface area (Å²) in [6, 6.07) is 18.4. The molecule has 0 spiro atoms. The molecule has 0 unspecified atom stereocenters. The Balaban J connectivity index is 1.92. The molecule has 2 aromatic carbocycles. The standard InChI is InChI=1S/C19H15ClN4O/c20-14-3-1-4-16(11-14)24-18-17(5-2-10-22-18)23(19(24)25)12-13-6-8-15(21)9-7-13/h1-11H,12,21H2. The SMILES string of the molecule is Nc1ccc(Cn2c(=O)n(-c3cccc(Cl)c3)c3ncccc32)cc1. The zero-order valence-corrected chi connectivity index (χ0v) is 14.0. The van der Waals surface area contributed by atoms with Gasteiger partial charge in [-0.1, -0.05) is 29.8 Å². The van der Waals surface area contributed by atoms with E-state index in [2.05, 4.69) is 4.98 Å². The number of nitrogens with two attached hydrogens (primary N) is 1. The van der Waals surface area contributed by atoms with Crippen LogP contribution in [0.1, 0.15) is 5.56 Å². The van der Waals surface area contributed by atoms with Crippen molar-refractivity contribution >= 4 is 28.5 Å². The van der Waals surface area contributed by atoms with Gasteiger partial charge in [0, 0.05) is 16.9 Å². The molecule has 2 N–H and O–H groups in total. The third-order valence-corrected chi connectivity index (χ3v) is 4.31. The lowest BCUT2D eigenvalue weighted by atomic mass is 10.2. The molecule has 0 bridgehead atoms. The van der Waals surface area contributed by atoms with Gasteiger partial charge < -0.3 is 5.73 Å². The number of hydrogen-bond acceptors (Lipinski definition) is 3. The van der Waals surface area contributed by atoms with E-state index in [1.807, 2.05) is 48.5 Å². The zero-order chi connectivity index (χ0) is 17.4. The van der Waals surface area contributed by atoms with Crippen molar-refractivity contribution in [2.75, 3.05) is 5.73 Å². The van der Waals surface area contributed by atoms with E-state index in [0.29, 0.717) is 28.6 Å². The van der Waals surface area contributed by atoms with E-state index in [9.17, 15) is 4.79 Å². The van der Waals surface area contributed by atoms with Crippen LogP contribution in [0.5, 0.6) is 0 Å². The number of hydrogen-bond donors (Lipinski definition) is 1. The van der Waals surface area contributed by atoms with Crippen molar-refractivity contribution in [1.82, 2.24) is 14.1 Å². The molecule has 4 aromatic rings. The van der Waals surface area contributed by atoms with Crippen LogP contribution in [0.25, 0.3) is 16.9 Å². The molecular weight excluding hydrogens is 336 g/mol. The first kappa shape index (κ1) is 15.5. The number of rotatable bonds is 3. The van der Waals surface area contributed by atoms with Gasteiger partial charge in [-0.3, -0.25) is 4.57 Å². The summed E-state index contributed by atoms with van der Waals surface area (Å²) in [5.41, 5.74) is 9.33. The van der Waals surface area contributed by atoms with Crippen molar-refractivity contribution in [3.8, 4) is 5.69 Å². The average Bonchev–Trinajstić information content (AvgIpc) is 2.89. The van der Waals surface area contributed by atoms with Gasteiger partial charge in [0.25, 0.3) is 0 Å². The summed E-state index contributed by atoms with van der Waals surface area (Å²) in [5.74, 6) is 0. The minimum absolute atomic E-state index is 0.159. The quantitative estimate of drug-likeness (QED) is 0.575. The number of anilines is 1. The molecular formula is C19H15ClN4O. The molecule has 0 saturated carbocycles. The largest absolute Gasteiger partial charge is 0.399 e. The molecule has 25 heavy (non-hydrogen) atoms. The lowest BCUT2D eigenvalue weighted by molar-refractivity contribution is 0.763. The highest BCUT2D eigenvalue weighted by molar-refractivity contribution is 6.30. The Hall–Kier alpha value is -3.05. The molecule has 0 aliphatic heterocycles. The molecule has 6 heteroatoms. The van der Waals surface area contributed by atoms with Crippen molar-refractivity contribution in [2.45, 2.75) is 6.54 Å². The molecule has 0 amide bonds. The van der Waals surface area contributed by atoms with Gasteiger partial charge in [-0.05, 0) is 48.0 Å². The molecule has 4 rings (SSSR count). The van der Waals surface area contributed by atoms with Crippen LogP contribution < -0.4 is 11.4 Å². The topological polar surface area (TPSA) is 65.8 Å². The minimum Gasteiger partial charge on any atom is -0.399 e. The van der Waals surface area contributed by atoms with Crippen LogP contribution in [0.2, 0.25) is 5.02 Å². The molecule has 124 valence electrons. The Bertz CT molecular complexity index is 1110. The van der Waals surface area contributed by atoms with E-state index in [0.717, 1.165) is 11.1 Å². The van der Waals surface area contributed by atoms with Gasteiger partial charge in [-0.15, -0.1) is 0 Å². The maximum Gasteiger partial charge on any atom is 0.335 e. The number of imidazole rings is 1. The average molecular weight is 351 g/mol. The third kappa shape index (κ3) is 2.79. The molecule has 0 aliphatic carbocycles. The molecule has 5 nitrogen and oxygen atoms in total. The maximum atomic E-state index is 13.1. The Morgan fingerprint density at radius 3 is 2.60 bits per heavy atom. The highest BCUT2D eigenvalue weighted by Crippen LogP contribution is 2.19. The third-order valence-electron chi connectivity index (χ3n) is 4.08. The maximum absolute atomic E-state index is 13.1. The fourth-order valence-electron chi connectivity index (χ4n) is 2.89. The number of nitrogens with zero attached hydrogens (tertiary/aromatic N) is 3. The zero-order valence-electron chi connectivity index (χ0n) is 13.3. The van der Waals surface area contributed by atoms with E-state index in [4.69, 9.17) is 17.3 Å². The van der Waals surface area contributed by atoms with Crippen molar-refractivity contribution in [3.05, 3.63) is 87.9 Å². The summed E-state index contributed by atoms with van der Waals surface area (Å²) >= 11 is 6.10. The Morgan fingerprint density at radius 1 is 1.04 bits per heavy atom. The first-order valence-corrected chi connectivity index (χ1v) is 8.18. The summed E-state index contributed by atoms with van der Waals surface area (Å²) in [5, 5.41) is 0.569. The Labute approximate surface area is 148 Å². The fraction of sp³-hybridized carbons (Fsp3) is 0.0526. The summed E-state index contributed by atoms with van der Waals surface area (Å²) in [6.45, 7) is 0.439. The first-order valence-electron chi connectivity index (χ1n) is 7.80. The van der Waals surface area contributed by atoms with Gasteiger partial charge in [0.2, 0.25) is 0 Å². The van der Waals surface area contributed by atoms with E-state index >= 15 is 0 Å². The van der Waals surface area contributed by atoms with Crippen molar-refractivity contribution in [1.29, 1.82) is 0 Å². The second-order valence-electron chi connectivity index (χ2n) is 5.77. The van der Waals surface area contributed by atoms with Crippen molar-refractivity contribution < 1.29 is 0 Å². The Kier molecular flexibility index (Phi) is 3.78. The lowest BCUT2D eigenvalue weighted by Gasteiger charge is -2.04. The predicted octanol–water partition coefficient (Wildman–Crippen LogP) is 3.47. The molecule has 0 saturated heterocycles. The number of aromatic nitrogens is 3. The summed E-state index contributed by atoms with van der Waals surface area (Å²) in [4.78, 5) is 17.5. The van der Waals surface area contributed by atoms with Crippen molar-refractivity contribution in [3.63, 3.8) is 0 Å². The Morgan fingerprint density at radius 2 is 1.84 bits per heavy atom.